The Bertz CT molecular complexity index is 1190. The summed E-state index contributed by atoms with van der Waals surface area (Å²) >= 11 is 12.5. The molecule has 1 aliphatic heterocycles. The molecule has 0 saturated carbocycles. The molecule has 1 aliphatic rings. The van der Waals surface area contributed by atoms with Gasteiger partial charge in [0.2, 0.25) is 0 Å². The zero-order valence-corrected chi connectivity index (χ0v) is 18.4. The molecular weight excluding hydrogens is 433 g/mol. The topological polar surface area (TPSA) is 52.7 Å². The third-order valence-electron chi connectivity index (χ3n) is 4.97. The number of hydrogen-bond donors (Lipinski definition) is 1. The lowest BCUT2D eigenvalue weighted by Crippen LogP contribution is -2.32. The molecule has 0 unspecified atom stereocenters. The lowest BCUT2D eigenvalue weighted by atomic mass is 10.0. The number of halogens is 2. The van der Waals surface area contributed by atoms with Gasteiger partial charge in [-0.25, -0.2) is 4.90 Å². The van der Waals surface area contributed by atoms with E-state index in [0.717, 1.165) is 10.6 Å². The Labute approximate surface area is 190 Å². The second-order valence-electron chi connectivity index (χ2n) is 7.20. The number of rotatable bonds is 5. The van der Waals surface area contributed by atoms with E-state index >= 15 is 0 Å². The van der Waals surface area contributed by atoms with E-state index in [-0.39, 0.29) is 27.0 Å². The Morgan fingerprint density at radius 3 is 2.13 bits per heavy atom. The smallest absolute Gasteiger partial charge is 0.282 e. The van der Waals surface area contributed by atoms with E-state index in [9.17, 15) is 9.59 Å². The molecule has 2 amide bonds. The van der Waals surface area contributed by atoms with Gasteiger partial charge in [0.05, 0.1) is 21.3 Å². The van der Waals surface area contributed by atoms with Crippen molar-refractivity contribution in [3.8, 4) is 0 Å². The molecule has 0 aromatic heterocycles. The van der Waals surface area contributed by atoms with Crippen LogP contribution in [0.4, 0.5) is 17.1 Å². The molecule has 0 fully saturated rings. The Morgan fingerprint density at radius 1 is 0.806 bits per heavy atom. The van der Waals surface area contributed by atoms with Gasteiger partial charge in [-0.15, -0.1) is 0 Å². The van der Waals surface area contributed by atoms with E-state index in [1.165, 1.54) is 0 Å². The first-order chi connectivity index (χ1) is 14.9. The number of anilines is 3. The molecular formula is C24H19Cl2N3O2. The summed E-state index contributed by atoms with van der Waals surface area (Å²) in [5.41, 5.74) is 3.05. The van der Waals surface area contributed by atoms with Crippen molar-refractivity contribution in [2.75, 3.05) is 29.2 Å². The fourth-order valence-electron chi connectivity index (χ4n) is 3.39. The Morgan fingerprint density at radius 2 is 1.48 bits per heavy atom. The van der Waals surface area contributed by atoms with Gasteiger partial charge in [-0.05, 0) is 42.0 Å². The molecule has 1 heterocycles. The fourth-order valence-corrected chi connectivity index (χ4v) is 3.77. The molecule has 4 rings (SSSR count). The first kappa shape index (κ1) is 21.0. The molecule has 0 atom stereocenters. The maximum absolute atomic E-state index is 13.4. The molecule has 3 aromatic carbocycles. The van der Waals surface area contributed by atoms with E-state index in [1.54, 1.807) is 30.3 Å². The highest BCUT2D eigenvalue weighted by Gasteiger charge is 2.41. The average molecular weight is 452 g/mol. The molecule has 0 aliphatic carbocycles. The van der Waals surface area contributed by atoms with E-state index in [1.807, 2.05) is 61.5 Å². The number of nitrogens with zero attached hydrogens (tertiary/aromatic N) is 2. The molecule has 0 bridgehead atoms. The minimum Gasteiger partial charge on any atom is -0.378 e. The molecule has 1 N–H and O–H groups in total. The summed E-state index contributed by atoms with van der Waals surface area (Å²) in [5, 5.41) is 3.56. The van der Waals surface area contributed by atoms with Gasteiger partial charge in [0.25, 0.3) is 11.8 Å². The highest BCUT2D eigenvalue weighted by Crippen LogP contribution is 2.39. The highest BCUT2D eigenvalue weighted by atomic mass is 35.5. The highest BCUT2D eigenvalue weighted by molar-refractivity contribution is 6.50. The average Bonchev–Trinajstić information content (AvgIpc) is 3.00. The van der Waals surface area contributed by atoms with Crippen molar-refractivity contribution < 1.29 is 9.59 Å². The lowest BCUT2D eigenvalue weighted by Gasteiger charge is -2.17. The van der Waals surface area contributed by atoms with Crippen molar-refractivity contribution in [2.45, 2.75) is 0 Å². The zero-order valence-electron chi connectivity index (χ0n) is 16.9. The summed E-state index contributed by atoms with van der Waals surface area (Å²) in [7, 11) is 3.90. The quantitative estimate of drug-likeness (QED) is 0.523. The minimum absolute atomic E-state index is 0.148. The summed E-state index contributed by atoms with van der Waals surface area (Å²) in [6.07, 6.45) is 0. The van der Waals surface area contributed by atoms with Crippen molar-refractivity contribution >= 4 is 57.7 Å². The van der Waals surface area contributed by atoms with Crippen molar-refractivity contribution in [3.05, 3.63) is 94.1 Å². The predicted octanol–water partition coefficient (Wildman–Crippen LogP) is 5.46. The van der Waals surface area contributed by atoms with Gasteiger partial charge in [-0.2, -0.15) is 0 Å². The van der Waals surface area contributed by atoms with Gasteiger partial charge in [0, 0.05) is 25.5 Å². The van der Waals surface area contributed by atoms with Crippen LogP contribution in [0.25, 0.3) is 5.57 Å². The summed E-state index contributed by atoms with van der Waals surface area (Å²) < 4.78 is 0. The molecule has 3 aromatic rings. The molecule has 156 valence electrons. The molecule has 5 nitrogen and oxygen atoms in total. The van der Waals surface area contributed by atoms with Crippen LogP contribution in [0.15, 0.2) is 78.5 Å². The van der Waals surface area contributed by atoms with Crippen LogP contribution in [0.5, 0.6) is 0 Å². The number of benzene rings is 3. The Hall–Kier alpha value is -3.28. The zero-order chi connectivity index (χ0) is 22.1. The van der Waals surface area contributed by atoms with Gasteiger partial charge in [0.15, 0.2) is 0 Å². The monoisotopic (exact) mass is 451 g/mol. The number of amides is 2. The maximum Gasteiger partial charge on any atom is 0.282 e. The van der Waals surface area contributed by atoms with Crippen molar-refractivity contribution in [3.63, 3.8) is 0 Å². The van der Waals surface area contributed by atoms with Crippen LogP contribution in [0.2, 0.25) is 10.0 Å². The Balaban J connectivity index is 1.80. The first-order valence-electron chi connectivity index (χ1n) is 9.55. The predicted molar refractivity (Wildman–Crippen MR) is 127 cm³/mol. The second kappa shape index (κ2) is 8.46. The van der Waals surface area contributed by atoms with Crippen LogP contribution in [-0.4, -0.2) is 25.9 Å². The van der Waals surface area contributed by atoms with Crippen LogP contribution >= 0.6 is 23.2 Å². The number of carbonyl (C=O) groups excluding carboxylic acids is 2. The summed E-state index contributed by atoms with van der Waals surface area (Å²) in [6.45, 7) is 0. The SMILES string of the molecule is CN(C)c1ccc(NC2=C(c3ccccc3)C(=O)N(c3cccc(Cl)c3Cl)C2=O)cc1. The maximum atomic E-state index is 13.4. The molecule has 7 heteroatoms. The third kappa shape index (κ3) is 3.90. The van der Waals surface area contributed by atoms with Gasteiger partial charge in [-0.1, -0.05) is 59.6 Å². The van der Waals surface area contributed by atoms with Crippen molar-refractivity contribution in [1.29, 1.82) is 0 Å². The summed E-state index contributed by atoms with van der Waals surface area (Å²) in [5.74, 6) is -0.961. The van der Waals surface area contributed by atoms with Crippen molar-refractivity contribution in [2.24, 2.45) is 0 Å². The van der Waals surface area contributed by atoms with Gasteiger partial charge < -0.3 is 10.2 Å². The fraction of sp³-hybridized carbons (Fsp3) is 0.0833. The van der Waals surface area contributed by atoms with Crippen molar-refractivity contribution in [1.82, 2.24) is 0 Å². The van der Waals surface area contributed by atoms with Gasteiger partial charge in [-0.3, -0.25) is 9.59 Å². The van der Waals surface area contributed by atoms with E-state index in [4.69, 9.17) is 23.2 Å². The molecule has 31 heavy (non-hydrogen) atoms. The van der Waals surface area contributed by atoms with Crippen LogP contribution in [0.1, 0.15) is 5.56 Å². The molecule has 0 radical (unpaired) electrons. The molecule has 0 saturated heterocycles. The van der Waals surface area contributed by atoms with Crippen LogP contribution in [0, 0.1) is 0 Å². The summed E-state index contributed by atoms with van der Waals surface area (Å²) in [4.78, 5) is 29.9. The first-order valence-corrected chi connectivity index (χ1v) is 10.3. The van der Waals surface area contributed by atoms with E-state index in [2.05, 4.69) is 5.32 Å². The van der Waals surface area contributed by atoms with Crippen LogP contribution in [-0.2, 0) is 9.59 Å². The number of imide groups is 1. The summed E-state index contributed by atoms with van der Waals surface area (Å²) in [6, 6.07) is 21.5. The lowest BCUT2D eigenvalue weighted by molar-refractivity contribution is -0.120. The normalized spacial score (nSPS) is 13.7. The van der Waals surface area contributed by atoms with E-state index < -0.39 is 11.8 Å². The number of nitrogens with one attached hydrogen (secondary N) is 1. The Kier molecular flexibility index (Phi) is 5.72. The number of hydrogen-bond acceptors (Lipinski definition) is 4. The van der Waals surface area contributed by atoms with Gasteiger partial charge >= 0.3 is 0 Å². The second-order valence-corrected chi connectivity index (χ2v) is 7.99. The minimum atomic E-state index is -0.496. The van der Waals surface area contributed by atoms with E-state index in [0.29, 0.717) is 11.3 Å². The molecule has 0 spiro atoms. The third-order valence-corrected chi connectivity index (χ3v) is 5.78. The number of carbonyl (C=O) groups is 2. The van der Waals surface area contributed by atoms with Gasteiger partial charge in [0.1, 0.15) is 5.70 Å². The largest absolute Gasteiger partial charge is 0.378 e. The standard InChI is InChI=1S/C24H19Cl2N3O2/c1-28(2)17-13-11-16(12-14-17)27-22-20(15-7-4-3-5-8-15)23(30)29(24(22)31)19-10-6-9-18(25)21(19)26/h3-14,27H,1-2H3. The van der Waals surface area contributed by atoms with Crippen LogP contribution in [0.3, 0.4) is 0 Å². The van der Waals surface area contributed by atoms with Crippen LogP contribution < -0.4 is 15.1 Å².